The van der Waals surface area contributed by atoms with Crippen molar-refractivity contribution in [3.8, 4) is 0 Å². The van der Waals surface area contributed by atoms with E-state index in [1.54, 1.807) is 47.4 Å². The van der Waals surface area contributed by atoms with Gasteiger partial charge >= 0.3 is 0 Å². The summed E-state index contributed by atoms with van der Waals surface area (Å²) in [6, 6.07) is 13.1. The minimum atomic E-state index is -3.76. The number of hydrogen-bond acceptors (Lipinski definition) is 5. The summed E-state index contributed by atoms with van der Waals surface area (Å²) < 4.78 is 28.8. The average Bonchev–Trinajstić information content (AvgIpc) is 3.30. The molecule has 0 bridgehead atoms. The third kappa shape index (κ3) is 4.25. The molecule has 168 valence electrons. The van der Waals surface area contributed by atoms with Gasteiger partial charge in [0.1, 0.15) is 10.9 Å². The Morgan fingerprint density at radius 3 is 2.44 bits per heavy atom. The Kier molecular flexibility index (Phi) is 5.54. The summed E-state index contributed by atoms with van der Waals surface area (Å²) in [5.41, 5.74) is 1.13. The van der Waals surface area contributed by atoms with E-state index in [1.807, 2.05) is 20.8 Å². The van der Waals surface area contributed by atoms with Crippen molar-refractivity contribution < 1.29 is 18.0 Å². The zero-order chi connectivity index (χ0) is 23.1. The van der Waals surface area contributed by atoms with Crippen LogP contribution in [-0.2, 0) is 19.6 Å². The number of rotatable bonds is 3. The second-order valence-electron chi connectivity index (χ2n) is 9.01. The van der Waals surface area contributed by atoms with Crippen molar-refractivity contribution >= 4 is 39.0 Å². The molecule has 4 rings (SSSR count). The number of carbonyl (C=O) groups excluding carboxylic acids is 2. The van der Waals surface area contributed by atoms with Gasteiger partial charge in [-0.05, 0) is 43.2 Å². The zero-order valence-corrected chi connectivity index (χ0v) is 19.1. The van der Waals surface area contributed by atoms with E-state index in [1.165, 1.54) is 6.07 Å². The number of nitrogens with one attached hydrogen (secondary N) is 2. The first kappa shape index (κ1) is 22.0. The minimum Gasteiger partial charge on any atom is -0.343 e. The molecule has 0 aliphatic carbocycles. The lowest BCUT2D eigenvalue weighted by atomic mass is 9.95. The molecule has 0 aromatic heterocycles. The number of hydrogen-bond donors (Lipinski definition) is 2. The Labute approximate surface area is 187 Å². The van der Waals surface area contributed by atoms with Crippen LogP contribution in [0, 0.1) is 5.41 Å². The predicted molar refractivity (Wildman–Crippen MR) is 123 cm³/mol. The molecular weight excluding hydrogens is 428 g/mol. The molecule has 0 spiro atoms. The summed E-state index contributed by atoms with van der Waals surface area (Å²) in [5.74, 6) is -0.0437. The fourth-order valence-electron chi connectivity index (χ4n) is 3.81. The van der Waals surface area contributed by atoms with Crippen LogP contribution in [-0.4, -0.2) is 43.6 Å². The summed E-state index contributed by atoms with van der Waals surface area (Å²) in [7, 11) is -3.76. The van der Waals surface area contributed by atoms with Crippen molar-refractivity contribution in [3.63, 3.8) is 0 Å². The fourth-order valence-corrected chi connectivity index (χ4v) is 5.02. The lowest BCUT2D eigenvalue weighted by Gasteiger charge is -2.25. The summed E-state index contributed by atoms with van der Waals surface area (Å²) in [6.07, 6.45) is 1.34. The topological polar surface area (TPSA) is 108 Å². The summed E-state index contributed by atoms with van der Waals surface area (Å²) in [5, 5.41) is 5.75. The molecule has 2 heterocycles. The molecule has 2 aliphatic rings. The molecule has 2 amide bonds. The van der Waals surface area contributed by atoms with Gasteiger partial charge in [-0.2, -0.15) is 8.42 Å². The van der Waals surface area contributed by atoms with E-state index in [0.717, 1.165) is 6.42 Å². The zero-order valence-electron chi connectivity index (χ0n) is 18.3. The molecule has 2 aromatic rings. The number of likely N-dealkylation sites (tertiary alicyclic amines) is 1. The van der Waals surface area contributed by atoms with Gasteiger partial charge in [-0.15, -0.1) is 4.40 Å². The second-order valence-corrected chi connectivity index (χ2v) is 10.6. The highest BCUT2D eigenvalue weighted by molar-refractivity contribution is 7.90. The Morgan fingerprint density at radius 1 is 1.03 bits per heavy atom. The first-order valence-corrected chi connectivity index (χ1v) is 11.9. The van der Waals surface area contributed by atoms with Crippen LogP contribution in [0.4, 0.5) is 11.4 Å². The SMILES string of the molecule is CC(C)(C)C(=O)Nc1cccc(NC(=O)[C@@H]2CCCN2C2=NS(=O)(=O)c3ccccc32)c1. The van der Waals surface area contributed by atoms with Gasteiger partial charge in [0.15, 0.2) is 5.84 Å². The van der Waals surface area contributed by atoms with Crippen molar-refractivity contribution in [1.82, 2.24) is 4.90 Å². The lowest BCUT2D eigenvalue weighted by molar-refractivity contribution is -0.123. The summed E-state index contributed by atoms with van der Waals surface area (Å²) in [4.78, 5) is 27.3. The average molecular weight is 455 g/mol. The highest BCUT2D eigenvalue weighted by Gasteiger charge is 2.39. The van der Waals surface area contributed by atoms with Crippen LogP contribution in [0.25, 0.3) is 0 Å². The van der Waals surface area contributed by atoms with Crippen molar-refractivity contribution in [2.24, 2.45) is 9.81 Å². The first-order chi connectivity index (χ1) is 15.1. The standard InChI is InChI=1S/C23H26N4O4S/c1-23(2,3)22(29)25-16-9-6-8-15(14-16)24-21(28)18-11-7-13-27(18)20-17-10-4-5-12-19(17)32(30,31)26-20/h4-6,8-10,12,14,18H,7,11,13H2,1-3H3,(H,24,28)(H,25,29)/t18-/m0/s1. The molecule has 2 aromatic carbocycles. The quantitative estimate of drug-likeness (QED) is 0.740. The lowest BCUT2D eigenvalue weighted by Crippen LogP contribution is -2.43. The van der Waals surface area contributed by atoms with Crippen LogP contribution >= 0.6 is 0 Å². The van der Waals surface area contributed by atoms with Gasteiger partial charge in [-0.25, -0.2) is 0 Å². The van der Waals surface area contributed by atoms with E-state index in [4.69, 9.17) is 0 Å². The van der Waals surface area contributed by atoms with E-state index in [-0.39, 0.29) is 16.7 Å². The maximum Gasteiger partial charge on any atom is 0.285 e. The Hall–Kier alpha value is -3.20. The molecule has 9 heteroatoms. The smallest absolute Gasteiger partial charge is 0.285 e. The third-order valence-corrected chi connectivity index (χ3v) is 6.83. The largest absolute Gasteiger partial charge is 0.343 e. The highest BCUT2D eigenvalue weighted by atomic mass is 32.2. The van der Waals surface area contributed by atoms with Crippen molar-refractivity contribution in [2.45, 2.75) is 44.6 Å². The number of carbonyl (C=O) groups is 2. The number of benzene rings is 2. The number of sulfonamides is 1. The highest BCUT2D eigenvalue weighted by Crippen LogP contribution is 2.31. The molecule has 0 saturated carbocycles. The second kappa shape index (κ2) is 8.05. The number of nitrogens with zero attached hydrogens (tertiary/aromatic N) is 2. The summed E-state index contributed by atoms with van der Waals surface area (Å²) in [6.45, 7) is 6.02. The number of anilines is 2. The van der Waals surface area contributed by atoms with E-state index in [0.29, 0.717) is 35.7 Å². The number of fused-ring (bicyclic) bond motifs is 1. The van der Waals surface area contributed by atoms with Gasteiger partial charge in [0.05, 0.1) is 0 Å². The first-order valence-electron chi connectivity index (χ1n) is 10.5. The van der Waals surface area contributed by atoms with E-state index >= 15 is 0 Å². The minimum absolute atomic E-state index is 0.123. The molecular formula is C23H26N4O4S. The van der Waals surface area contributed by atoms with Gasteiger partial charge in [0.25, 0.3) is 10.0 Å². The molecule has 1 saturated heterocycles. The molecule has 0 unspecified atom stereocenters. The van der Waals surface area contributed by atoms with Crippen LogP contribution in [0.15, 0.2) is 57.8 Å². The predicted octanol–water partition coefficient (Wildman–Crippen LogP) is 3.22. The fraction of sp³-hybridized carbons (Fsp3) is 0.348. The van der Waals surface area contributed by atoms with E-state index in [2.05, 4.69) is 15.0 Å². The molecule has 1 fully saturated rings. The normalized spacial score (nSPS) is 19.3. The van der Waals surface area contributed by atoms with Crippen molar-refractivity contribution in [1.29, 1.82) is 0 Å². The number of amides is 2. The maximum absolute atomic E-state index is 13.1. The van der Waals surface area contributed by atoms with Gasteiger partial charge in [-0.1, -0.05) is 39.0 Å². The number of amidine groups is 1. The van der Waals surface area contributed by atoms with Crippen LogP contribution in [0.1, 0.15) is 39.2 Å². The molecule has 1 atom stereocenters. The van der Waals surface area contributed by atoms with Gasteiger partial charge in [0.2, 0.25) is 11.8 Å². The van der Waals surface area contributed by atoms with Gasteiger partial charge in [0, 0.05) is 28.9 Å². The van der Waals surface area contributed by atoms with E-state index < -0.39 is 21.5 Å². The molecule has 8 nitrogen and oxygen atoms in total. The maximum atomic E-state index is 13.1. The molecule has 2 N–H and O–H groups in total. The Bertz CT molecular complexity index is 1210. The van der Waals surface area contributed by atoms with Gasteiger partial charge in [-0.3, -0.25) is 9.59 Å². The van der Waals surface area contributed by atoms with Crippen LogP contribution < -0.4 is 10.6 Å². The van der Waals surface area contributed by atoms with Crippen LogP contribution in [0.3, 0.4) is 0 Å². The van der Waals surface area contributed by atoms with E-state index in [9.17, 15) is 18.0 Å². The van der Waals surface area contributed by atoms with Crippen molar-refractivity contribution in [2.75, 3.05) is 17.2 Å². The Morgan fingerprint density at radius 2 is 1.72 bits per heavy atom. The third-order valence-electron chi connectivity index (χ3n) is 5.51. The molecule has 0 radical (unpaired) electrons. The van der Waals surface area contributed by atoms with Crippen molar-refractivity contribution in [3.05, 3.63) is 54.1 Å². The Balaban J connectivity index is 1.52. The monoisotopic (exact) mass is 454 g/mol. The molecule has 2 aliphatic heterocycles. The van der Waals surface area contributed by atoms with Crippen LogP contribution in [0.2, 0.25) is 0 Å². The summed E-state index contributed by atoms with van der Waals surface area (Å²) >= 11 is 0. The van der Waals surface area contributed by atoms with Crippen LogP contribution in [0.5, 0.6) is 0 Å². The van der Waals surface area contributed by atoms with Gasteiger partial charge < -0.3 is 15.5 Å². The molecule has 32 heavy (non-hydrogen) atoms.